The average molecular weight is 273 g/mol. The lowest BCUT2D eigenvalue weighted by Crippen LogP contribution is -1.98. The highest BCUT2D eigenvalue weighted by molar-refractivity contribution is 5.51. The summed E-state index contributed by atoms with van der Waals surface area (Å²) in [5.41, 5.74) is 7.66. The summed E-state index contributed by atoms with van der Waals surface area (Å²) in [5.74, 6) is 0.485. The lowest BCUT2D eigenvalue weighted by atomic mass is 10.1. The number of nitrogen functional groups attached to an aromatic ring is 1. The van der Waals surface area contributed by atoms with Gasteiger partial charge in [-0.1, -0.05) is 13.0 Å². The second-order valence-electron chi connectivity index (χ2n) is 4.41. The van der Waals surface area contributed by atoms with Gasteiger partial charge in [-0.2, -0.15) is 0 Å². The highest BCUT2D eigenvalue weighted by Crippen LogP contribution is 2.33. The van der Waals surface area contributed by atoms with Crippen molar-refractivity contribution in [1.29, 1.82) is 0 Å². The summed E-state index contributed by atoms with van der Waals surface area (Å²) in [6.45, 7) is 3.72. The molecule has 0 fully saturated rings. The van der Waals surface area contributed by atoms with Crippen LogP contribution in [0, 0.1) is 17.0 Å². The number of rotatable bonds is 4. The van der Waals surface area contributed by atoms with Gasteiger partial charge in [-0.05, 0) is 31.0 Å². The van der Waals surface area contributed by atoms with Gasteiger partial charge in [0.15, 0.2) is 0 Å². The Bertz CT molecular complexity index is 656. The maximum absolute atomic E-state index is 11.1. The highest BCUT2D eigenvalue weighted by Gasteiger charge is 2.17. The van der Waals surface area contributed by atoms with Gasteiger partial charge in [0.1, 0.15) is 0 Å². The quantitative estimate of drug-likeness (QED) is 0.682. The van der Waals surface area contributed by atoms with E-state index in [0.29, 0.717) is 11.6 Å². The van der Waals surface area contributed by atoms with Crippen LogP contribution in [0.4, 0.5) is 11.4 Å². The first-order valence-electron chi connectivity index (χ1n) is 6.18. The van der Waals surface area contributed by atoms with E-state index in [1.165, 1.54) is 12.3 Å². The Balaban J connectivity index is 2.40. The van der Waals surface area contributed by atoms with Crippen LogP contribution in [0.2, 0.25) is 0 Å². The average Bonchev–Trinajstić information content (AvgIpc) is 2.42. The number of anilines is 1. The number of nitro groups is 1. The second-order valence-corrected chi connectivity index (χ2v) is 4.41. The van der Waals surface area contributed by atoms with Crippen LogP contribution in [0.3, 0.4) is 0 Å². The van der Waals surface area contributed by atoms with Crippen molar-refractivity contribution in [3.8, 4) is 11.6 Å². The summed E-state index contributed by atoms with van der Waals surface area (Å²) in [4.78, 5) is 14.7. The first kappa shape index (κ1) is 13.8. The number of nitrogens with two attached hydrogens (primary N) is 1. The Kier molecular flexibility index (Phi) is 3.84. The summed E-state index contributed by atoms with van der Waals surface area (Å²) in [5, 5.41) is 11.1. The zero-order valence-electron chi connectivity index (χ0n) is 11.3. The van der Waals surface area contributed by atoms with Gasteiger partial charge in [-0.3, -0.25) is 10.1 Å². The number of ether oxygens (including phenoxy) is 1. The normalized spacial score (nSPS) is 10.3. The molecule has 6 nitrogen and oxygen atoms in total. The lowest BCUT2D eigenvalue weighted by Gasteiger charge is -2.09. The van der Waals surface area contributed by atoms with Crippen LogP contribution in [0.15, 0.2) is 30.5 Å². The van der Waals surface area contributed by atoms with Crippen molar-refractivity contribution in [2.24, 2.45) is 0 Å². The van der Waals surface area contributed by atoms with E-state index in [1.54, 1.807) is 25.1 Å². The van der Waals surface area contributed by atoms with Crippen molar-refractivity contribution in [2.75, 3.05) is 5.73 Å². The second kappa shape index (κ2) is 5.56. The molecule has 1 aromatic heterocycles. The van der Waals surface area contributed by atoms with E-state index in [1.807, 2.05) is 6.92 Å². The minimum absolute atomic E-state index is 0.0672. The third-order valence-electron chi connectivity index (χ3n) is 2.89. The molecule has 0 saturated carbocycles. The first-order valence-corrected chi connectivity index (χ1v) is 6.18. The SMILES string of the molecule is CCc1ccc(Oc2ncc(N)cc2C)c([N+](=O)[O-])c1. The minimum Gasteiger partial charge on any atom is -0.432 e. The van der Waals surface area contributed by atoms with E-state index in [4.69, 9.17) is 10.5 Å². The molecule has 6 heteroatoms. The molecule has 0 aliphatic carbocycles. The van der Waals surface area contributed by atoms with Gasteiger partial charge in [-0.15, -0.1) is 0 Å². The summed E-state index contributed by atoms with van der Waals surface area (Å²) < 4.78 is 5.55. The van der Waals surface area contributed by atoms with E-state index >= 15 is 0 Å². The summed E-state index contributed by atoms with van der Waals surface area (Å²) >= 11 is 0. The largest absolute Gasteiger partial charge is 0.432 e. The zero-order chi connectivity index (χ0) is 14.7. The molecule has 0 radical (unpaired) electrons. The molecular formula is C14H15N3O3. The third-order valence-corrected chi connectivity index (χ3v) is 2.89. The molecule has 0 atom stereocenters. The molecule has 2 aromatic rings. The molecule has 0 spiro atoms. The fourth-order valence-electron chi connectivity index (χ4n) is 1.81. The number of aryl methyl sites for hydroxylation is 2. The Morgan fingerprint density at radius 1 is 1.40 bits per heavy atom. The maximum Gasteiger partial charge on any atom is 0.311 e. The van der Waals surface area contributed by atoms with Crippen LogP contribution in [0.5, 0.6) is 11.6 Å². The summed E-state index contributed by atoms with van der Waals surface area (Å²) in [6, 6.07) is 6.61. The smallest absolute Gasteiger partial charge is 0.311 e. The molecule has 0 aliphatic rings. The predicted molar refractivity (Wildman–Crippen MR) is 75.9 cm³/mol. The highest BCUT2D eigenvalue weighted by atomic mass is 16.6. The molecule has 0 saturated heterocycles. The molecule has 2 N–H and O–H groups in total. The number of nitrogens with zero attached hydrogens (tertiary/aromatic N) is 2. The zero-order valence-corrected chi connectivity index (χ0v) is 11.3. The van der Waals surface area contributed by atoms with E-state index < -0.39 is 4.92 Å². The number of pyridine rings is 1. The maximum atomic E-state index is 11.1. The molecule has 0 unspecified atom stereocenters. The standard InChI is InChI=1S/C14H15N3O3/c1-3-10-4-5-13(12(7-10)17(18)19)20-14-9(2)6-11(15)8-16-14/h4-8H,3,15H2,1-2H3. The van der Waals surface area contributed by atoms with Gasteiger partial charge < -0.3 is 10.5 Å². The van der Waals surface area contributed by atoms with Crippen molar-refractivity contribution < 1.29 is 9.66 Å². The summed E-state index contributed by atoms with van der Waals surface area (Å²) in [6.07, 6.45) is 2.18. The number of aromatic nitrogens is 1. The van der Waals surface area contributed by atoms with Crippen LogP contribution in [-0.2, 0) is 6.42 Å². The number of hydrogen-bond acceptors (Lipinski definition) is 5. The van der Waals surface area contributed by atoms with Crippen LogP contribution < -0.4 is 10.5 Å². The Labute approximate surface area is 116 Å². The van der Waals surface area contributed by atoms with Crippen molar-refractivity contribution in [3.05, 3.63) is 51.7 Å². The van der Waals surface area contributed by atoms with Gasteiger partial charge in [0.2, 0.25) is 11.6 Å². The molecule has 20 heavy (non-hydrogen) atoms. The Hall–Kier alpha value is -2.63. The molecule has 2 rings (SSSR count). The van der Waals surface area contributed by atoms with Crippen molar-refractivity contribution in [3.63, 3.8) is 0 Å². The van der Waals surface area contributed by atoms with Crippen LogP contribution in [0.25, 0.3) is 0 Å². The fourth-order valence-corrected chi connectivity index (χ4v) is 1.81. The number of hydrogen-bond donors (Lipinski definition) is 1. The molecule has 104 valence electrons. The van der Waals surface area contributed by atoms with Crippen LogP contribution >= 0.6 is 0 Å². The van der Waals surface area contributed by atoms with E-state index in [0.717, 1.165) is 17.5 Å². The van der Waals surface area contributed by atoms with Gasteiger partial charge >= 0.3 is 5.69 Å². The first-order chi connectivity index (χ1) is 9.51. The van der Waals surface area contributed by atoms with Gasteiger partial charge in [0, 0.05) is 11.6 Å². The predicted octanol–water partition coefficient (Wildman–Crippen LogP) is 3.24. The van der Waals surface area contributed by atoms with Crippen LogP contribution in [-0.4, -0.2) is 9.91 Å². The number of benzene rings is 1. The van der Waals surface area contributed by atoms with Crippen molar-refractivity contribution in [2.45, 2.75) is 20.3 Å². The molecule has 0 bridgehead atoms. The van der Waals surface area contributed by atoms with Gasteiger partial charge in [0.05, 0.1) is 16.8 Å². The van der Waals surface area contributed by atoms with Gasteiger partial charge in [-0.25, -0.2) is 4.98 Å². The van der Waals surface area contributed by atoms with Gasteiger partial charge in [0.25, 0.3) is 0 Å². The fraction of sp³-hybridized carbons (Fsp3) is 0.214. The molecule has 0 aliphatic heterocycles. The molecule has 0 amide bonds. The van der Waals surface area contributed by atoms with E-state index in [9.17, 15) is 10.1 Å². The third kappa shape index (κ3) is 2.85. The van der Waals surface area contributed by atoms with E-state index in [-0.39, 0.29) is 11.4 Å². The Morgan fingerprint density at radius 3 is 2.75 bits per heavy atom. The monoisotopic (exact) mass is 273 g/mol. The Morgan fingerprint density at radius 2 is 2.15 bits per heavy atom. The topological polar surface area (TPSA) is 91.3 Å². The van der Waals surface area contributed by atoms with Crippen molar-refractivity contribution in [1.82, 2.24) is 4.98 Å². The minimum atomic E-state index is -0.457. The number of nitro benzene ring substituents is 1. The lowest BCUT2D eigenvalue weighted by molar-refractivity contribution is -0.385. The van der Waals surface area contributed by atoms with Crippen molar-refractivity contribution >= 4 is 11.4 Å². The molecular weight excluding hydrogens is 258 g/mol. The summed E-state index contributed by atoms with van der Waals surface area (Å²) in [7, 11) is 0. The van der Waals surface area contributed by atoms with E-state index in [2.05, 4.69) is 4.98 Å². The van der Waals surface area contributed by atoms with Crippen LogP contribution in [0.1, 0.15) is 18.1 Å². The molecule has 1 aromatic carbocycles. The molecule has 1 heterocycles.